The first kappa shape index (κ1) is 22.6. The number of halogens is 4. The van der Waals surface area contributed by atoms with E-state index in [1.54, 1.807) is 23.1 Å². The Balaban J connectivity index is 1.35. The lowest BCUT2D eigenvalue weighted by Gasteiger charge is -2.35. The molecule has 2 saturated heterocycles. The minimum Gasteiger partial charge on any atom is -0.371 e. The van der Waals surface area contributed by atoms with Crippen molar-refractivity contribution in [2.24, 2.45) is 5.41 Å². The van der Waals surface area contributed by atoms with Crippen molar-refractivity contribution < 1.29 is 18.0 Å². The van der Waals surface area contributed by atoms with Gasteiger partial charge in [-0.15, -0.1) is 0 Å². The van der Waals surface area contributed by atoms with Crippen molar-refractivity contribution in [1.82, 2.24) is 0 Å². The largest absolute Gasteiger partial charge is 0.371 e. The number of hydrogen-bond donors (Lipinski definition) is 1. The van der Waals surface area contributed by atoms with Gasteiger partial charge in [0.25, 0.3) is 11.8 Å². The fourth-order valence-electron chi connectivity index (χ4n) is 4.98. The van der Waals surface area contributed by atoms with Crippen LogP contribution in [0.3, 0.4) is 0 Å². The molecule has 176 valence electrons. The highest BCUT2D eigenvalue weighted by Gasteiger charge is 2.44. The monoisotopic (exact) mass is 521 g/mol. The van der Waals surface area contributed by atoms with Crippen molar-refractivity contribution in [2.45, 2.75) is 44.4 Å². The van der Waals surface area contributed by atoms with Crippen LogP contribution in [-0.4, -0.2) is 38.0 Å². The van der Waals surface area contributed by atoms with Crippen LogP contribution in [0.1, 0.15) is 48.9 Å². The van der Waals surface area contributed by atoms with Crippen LogP contribution in [-0.2, 0) is 0 Å². The second kappa shape index (κ2) is 8.53. The number of nitrogens with zero attached hydrogens (tertiary/aromatic N) is 2. The van der Waals surface area contributed by atoms with Gasteiger partial charge in [-0.3, -0.25) is 4.79 Å². The minimum absolute atomic E-state index is 0.0549. The van der Waals surface area contributed by atoms with E-state index in [0.717, 1.165) is 36.1 Å². The fraction of sp³-hybridized carbons (Fsp3) is 0.480. The molecule has 3 fully saturated rings. The highest BCUT2D eigenvalue weighted by molar-refractivity contribution is 9.10. The van der Waals surface area contributed by atoms with Gasteiger partial charge in [0.15, 0.2) is 5.82 Å². The third kappa shape index (κ3) is 4.72. The number of piperidine rings is 2. The molecule has 4 nitrogen and oxygen atoms in total. The molecule has 0 atom stereocenters. The molecule has 1 amide bonds. The van der Waals surface area contributed by atoms with Crippen LogP contribution >= 0.6 is 15.9 Å². The van der Waals surface area contributed by atoms with Crippen molar-refractivity contribution in [3.63, 3.8) is 0 Å². The van der Waals surface area contributed by atoms with Crippen molar-refractivity contribution in [3.8, 4) is 0 Å². The SMILES string of the molecule is O=C(Nc1cccc(N2CCC(F)(F)CC2)c1F)c1ccc(Br)cc1N1CCC2(CC1)CC2. The molecule has 2 aromatic rings. The predicted octanol–water partition coefficient (Wildman–Crippen LogP) is 6.46. The number of alkyl halides is 2. The summed E-state index contributed by atoms with van der Waals surface area (Å²) >= 11 is 3.51. The van der Waals surface area contributed by atoms with E-state index in [1.165, 1.54) is 18.9 Å². The zero-order valence-corrected chi connectivity index (χ0v) is 19.9. The van der Waals surface area contributed by atoms with Crippen LogP contribution in [0.2, 0.25) is 0 Å². The van der Waals surface area contributed by atoms with Gasteiger partial charge in [-0.25, -0.2) is 13.2 Å². The van der Waals surface area contributed by atoms with Gasteiger partial charge in [0.1, 0.15) is 0 Å². The Morgan fingerprint density at radius 2 is 1.52 bits per heavy atom. The van der Waals surface area contributed by atoms with E-state index in [4.69, 9.17) is 0 Å². The van der Waals surface area contributed by atoms with Crippen molar-refractivity contribution in [1.29, 1.82) is 0 Å². The maximum absolute atomic E-state index is 15.3. The molecule has 5 rings (SSSR count). The molecule has 8 heteroatoms. The lowest BCUT2D eigenvalue weighted by atomic mass is 9.93. The summed E-state index contributed by atoms with van der Waals surface area (Å²) in [5.74, 6) is -3.68. The smallest absolute Gasteiger partial charge is 0.257 e. The molecule has 1 spiro atoms. The molecule has 2 aromatic carbocycles. The Labute approximate surface area is 200 Å². The molecule has 33 heavy (non-hydrogen) atoms. The Morgan fingerprint density at radius 1 is 0.879 bits per heavy atom. The third-order valence-electron chi connectivity index (χ3n) is 7.39. The second-order valence-corrected chi connectivity index (χ2v) is 10.5. The first-order valence-corrected chi connectivity index (χ1v) is 12.3. The van der Waals surface area contributed by atoms with Crippen LogP contribution < -0.4 is 15.1 Å². The van der Waals surface area contributed by atoms with Gasteiger partial charge >= 0.3 is 0 Å². The summed E-state index contributed by atoms with van der Waals surface area (Å²) < 4.78 is 43.2. The third-order valence-corrected chi connectivity index (χ3v) is 7.88. The van der Waals surface area contributed by atoms with Crippen LogP contribution in [0.5, 0.6) is 0 Å². The number of nitrogens with one attached hydrogen (secondary N) is 1. The van der Waals surface area contributed by atoms with Gasteiger partial charge in [0.2, 0.25) is 0 Å². The zero-order chi connectivity index (χ0) is 23.2. The summed E-state index contributed by atoms with van der Waals surface area (Å²) in [6.07, 6.45) is 4.26. The molecule has 0 unspecified atom stereocenters. The maximum Gasteiger partial charge on any atom is 0.257 e. The number of amides is 1. The molecule has 3 aliphatic rings. The zero-order valence-electron chi connectivity index (χ0n) is 18.3. The number of benzene rings is 2. The van der Waals surface area contributed by atoms with E-state index in [9.17, 15) is 13.6 Å². The molecule has 1 N–H and O–H groups in total. The minimum atomic E-state index is -2.70. The Hall–Kier alpha value is -2.22. The summed E-state index contributed by atoms with van der Waals surface area (Å²) in [7, 11) is 0. The van der Waals surface area contributed by atoms with Crippen molar-refractivity contribution >= 4 is 38.9 Å². The molecule has 0 radical (unpaired) electrons. The van der Waals surface area contributed by atoms with E-state index >= 15 is 4.39 Å². The molecule has 2 aliphatic heterocycles. The van der Waals surface area contributed by atoms with Crippen LogP contribution in [0, 0.1) is 11.2 Å². The summed E-state index contributed by atoms with van der Waals surface area (Å²) in [6, 6.07) is 10.2. The first-order chi connectivity index (χ1) is 15.8. The quantitative estimate of drug-likeness (QED) is 0.501. The van der Waals surface area contributed by atoms with Gasteiger partial charge in [-0.05, 0) is 61.4 Å². The van der Waals surface area contributed by atoms with Crippen molar-refractivity contribution in [2.75, 3.05) is 41.3 Å². The van der Waals surface area contributed by atoms with Crippen molar-refractivity contribution in [3.05, 3.63) is 52.3 Å². The number of rotatable bonds is 4. The van der Waals surface area contributed by atoms with Crippen LogP contribution in [0.15, 0.2) is 40.9 Å². The average molecular weight is 522 g/mol. The highest BCUT2D eigenvalue weighted by Crippen LogP contribution is 2.54. The number of hydrogen-bond acceptors (Lipinski definition) is 3. The van der Waals surface area contributed by atoms with E-state index in [0.29, 0.717) is 11.0 Å². The maximum atomic E-state index is 15.3. The molecule has 0 aromatic heterocycles. The molecule has 1 aliphatic carbocycles. The van der Waals surface area contributed by atoms with E-state index in [1.807, 2.05) is 12.1 Å². The van der Waals surface area contributed by atoms with Crippen LogP contribution in [0.4, 0.5) is 30.2 Å². The first-order valence-electron chi connectivity index (χ1n) is 11.5. The average Bonchev–Trinajstić information content (AvgIpc) is 3.54. The topological polar surface area (TPSA) is 35.6 Å². The number of carbonyl (C=O) groups is 1. The highest BCUT2D eigenvalue weighted by atomic mass is 79.9. The summed E-state index contributed by atoms with van der Waals surface area (Å²) in [5.41, 5.74) is 2.15. The second-order valence-electron chi connectivity index (χ2n) is 9.58. The normalized spacial score (nSPS) is 21.2. The van der Waals surface area contributed by atoms with E-state index < -0.39 is 11.7 Å². The lowest BCUT2D eigenvalue weighted by Crippen LogP contribution is -2.39. The molecular formula is C25H27BrF3N3O. The number of carbonyl (C=O) groups excluding carboxylic acids is 1. The number of anilines is 3. The van der Waals surface area contributed by atoms with Gasteiger partial charge in [-0.1, -0.05) is 22.0 Å². The lowest BCUT2D eigenvalue weighted by molar-refractivity contribution is -0.0221. The standard InChI is InChI=1S/C25H27BrF3N3O/c26-17-4-5-18(21(16-17)32-12-8-24(6-7-24)9-13-32)23(33)30-19-2-1-3-20(22(19)27)31-14-10-25(28,29)11-15-31/h1-5,16H,6-15H2,(H,30,33). The van der Waals surface area contributed by atoms with Crippen LogP contribution in [0.25, 0.3) is 0 Å². The van der Waals surface area contributed by atoms with E-state index in [2.05, 4.69) is 26.1 Å². The summed E-state index contributed by atoms with van der Waals surface area (Å²) in [4.78, 5) is 17.1. The Morgan fingerprint density at radius 3 is 2.18 bits per heavy atom. The van der Waals surface area contributed by atoms with Gasteiger partial charge in [-0.2, -0.15) is 0 Å². The van der Waals surface area contributed by atoms with E-state index in [-0.39, 0.29) is 43.2 Å². The molecule has 1 saturated carbocycles. The fourth-order valence-corrected chi connectivity index (χ4v) is 5.33. The summed E-state index contributed by atoms with van der Waals surface area (Å²) in [5, 5.41) is 2.72. The van der Waals surface area contributed by atoms with Gasteiger partial charge in [0, 0.05) is 43.5 Å². The molecule has 2 heterocycles. The molecule has 0 bridgehead atoms. The summed E-state index contributed by atoms with van der Waals surface area (Å²) in [6.45, 7) is 1.96. The van der Waals surface area contributed by atoms with Gasteiger partial charge < -0.3 is 15.1 Å². The Bertz CT molecular complexity index is 1050. The Kier molecular flexibility index (Phi) is 5.83. The van der Waals surface area contributed by atoms with Gasteiger partial charge in [0.05, 0.1) is 22.6 Å². The predicted molar refractivity (Wildman–Crippen MR) is 128 cm³/mol. The molecular weight excluding hydrogens is 495 g/mol.